The monoisotopic (exact) mass is 248 g/mol. The highest BCUT2D eigenvalue weighted by molar-refractivity contribution is 5.29. The number of hydrogen-bond donors (Lipinski definition) is 1. The van der Waals surface area contributed by atoms with E-state index in [1.807, 2.05) is 0 Å². The molecular weight excluding hydrogens is 224 g/mol. The summed E-state index contributed by atoms with van der Waals surface area (Å²) in [5.74, 6) is 0.973. The molecule has 1 heterocycles. The molecule has 1 fully saturated rings. The molecule has 2 rings (SSSR count). The number of likely N-dealkylation sites (N-methyl/N-ethyl adjacent to an activating group) is 1. The second-order valence-corrected chi connectivity index (χ2v) is 5.07. The van der Waals surface area contributed by atoms with Gasteiger partial charge in [0.25, 0.3) is 0 Å². The predicted molar refractivity (Wildman–Crippen MR) is 75.1 cm³/mol. The van der Waals surface area contributed by atoms with Gasteiger partial charge in [-0.2, -0.15) is 0 Å². The number of benzene rings is 1. The normalized spacial score (nSPS) is 17.6. The Labute approximate surface area is 110 Å². The zero-order chi connectivity index (χ0) is 13.0. The van der Waals surface area contributed by atoms with Gasteiger partial charge in [0.05, 0.1) is 6.61 Å². The van der Waals surface area contributed by atoms with Crippen LogP contribution in [0.1, 0.15) is 31.9 Å². The summed E-state index contributed by atoms with van der Waals surface area (Å²) in [7, 11) is 2.21. The van der Waals surface area contributed by atoms with Gasteiger partial charge in [-0.15, -0.1) is 0 Å². The molecule has 1 aromatic carbocycles. The highest BCUT2D eigenvalue weighted by atomic mass is 16.5. The van der Waals surface area contributed by atoms with Crippen LogP contribution in [0.15, 0.2) is 24.3 Å². The Balaban J connectivity index is 1.95. The minimum atomic E-state index is 0.456. The molecule has 0 radical (unpaired) electrons. The fourth-order valence-electron chi connectivity index (χ4n) is 2.18. The van der Waals surface area contributed by atoms with E-state index >= 15 is 0 Å². The van der Waals surface area contributed by atoms with E-state index in [1.54, 1.807) is 0 Å². The van der Waals surface area contributed by atoms with Crippen molar-refractivity contribution in [1.29, 1.82) is 0 Å². The van der Waals surface area contributed by atoms with Gasteiger partial charge < -0.3 is 10.1 Å². The fourth-order valence-corrected chi connectivity index (χ4v) is 2.18. The number of nitrogens with one attached hydrogen (secondary N) is 1. The van der Waals surface area contributed by atoms with Crippen molar-refractivity contribution in [3.8, 4) is 5.75 Å². The van der Waals surface area contributed by atoms with Gasteiger partial charge in [-0.1, -0.05) is 19.1 Å². The largest absolute Gasteiger partial charge is 0.494 e. The molecule has 0 bridgehead atoms. The third-order valence-electron chi connectivity index (χ3n) is 3.78. The maximum atomic E-state index is 5.61. The molecule has 0 amide bonds. The summed E-state index contributed by atoms with van der Waals surface area (Å²) in [6.45, 7) is 7.40. The van der Waals surface area contributed by atoms with Crippen LogP contribution in [0.3, 0.4) is 0 Å². The van der Waals surface area contributed by atoms with Crippen LogP contribution in [0.25, 0.3) is 0 Å². The lowest BCUT2D eigenvalue weighted by Gasteiger charge is -2.39. The van der Waals surface area contributed by atoms with Gasteiger partial charge in [0.1, 0.15) is 5.75 Å². The minimum Gasteiger partial charge on any atom is -0.494 e. The lowest BCUT2D eigenvalue weighted by molar-refractivity contribution is 0.136. The zero-order valence-corrected chi connectivity index (χ0v) is 11.6. The Kier molecular flexibility index (Phi) is 4.61. The van der Waals surface area contributed by atoms with E-state index in [0.29, 0.717) is 12.1 Å². The minimum absolute atomic E-state index is 0.456. The number of hydrogen-bond acceptors (Lipinski definition) is 3. The summed E-state index contributed by atoms with van der Waals surface area (Å²) >= 11 is 0. The first-order chi connectivity index (χ1) is 8.72. The maximum Gasteiger partial charge on any atom is 0.119 e. The highest BCUT2D eigenvalue weighted by Gasteiger charge is 2.25. The summed E-state index contributed by atoms with van der Waals surface area (Å²) in [6, 6.07) is 9.65. The Morgan fingerprint density at radius 1 is 1.33 bits per heavy atom. The molecule has 3 heteroatoms. The summed E-state index contributed by atoms with van der Waals surface area (Å²) < 4.78 is 5.61. The molecule has 1 atom stereocenters. The lowest BCUT2D eigenvalue weighted by atomic mass is 10.0. The van der Waals surface area contributed by atoms with Crippen molar-refractivity contribution in [1.82, 2.24) is 10.2 Å². The molecule has 1 aliphatic rings. The fraction of sp³-hybridized carbons (Fsp3) is 0.600. The third kappa shape index (κ3) is 3.03. The van der Waals surface area contributed by atoms with Crippen LogP contribution in [-0.4, -0.2) is 37.7 Å². The topological polar surface area (TPSA) is 24.5 Å². The first-order valence-corrected chi connectivity index (χ1v) is 6.87. The molecule has 1 saturated heterocycles. The number of nitrogens with zero attached hydrogens (tertiary/aromatic N) is 1. The van der Waals surface area contributed by atoms with Crippen LogP contribution in [0, 0.1) is 0 Å². The second-order valence-electron chi connectivity index (χ2n) is 5.07. The van der Waals surface area contributed by atoms with Gasteiger partial charge >= 0.3 is 0 Å². The quantitative estimate of drug-likeness (QED) is 0.837. The molecule has 1 N–H and O–H groups in total. The molecule has 1 aromatic rings. The van der Waals surface area contributed by atoms with Crippen molar-refractivity contribution in [2.45, 2.75) is 32.4 Å². The predicted octanol–water partition coefficient (Wildman–Crippen LogP) is 2.44. The smallest absolute Gasteiger partial charge is 0.119 e. The molecule has 1 unspecified atom stereocenters. The average molecular weight is 248 g/mol. The van der Waals surface area contributed by atoms with Crippen LogP contribution >= 0.6 is 0 Å². The Bertz CT molecular complexity index is 359. The van der Waals surface area contributed by atoms with Crippen molar-refractivity contribution in [2.24, 2.45) is 0 Å². The lowest BCUT2D eigenvalue weighted by Crippen LogP contribution is -2.56. The van der Waals surface area contributed by atoms with E-state index in [1.165, 1.54) is 5.56 Å². The summed E-state index contributed by atoms with van der Waals surface area (Å²) in [6.07, 6.45) is 1.05. The molecular formula is C15H24N2O. The number of rotatable bonds is 6. The Morgan fingerprint density at radius 2 is 2.00 bits per heavy atom. The van der Waals surface area contributed by atoms with Crippen molar-refractivity contribution in [3.63, 3.8) is 0 Å². The summed E-state index contributed by atoms with van der Waals surface area (Å²) in [4.78, 5) is 2.44. The first-order valence-electron chi connectivity index (χ1n) is 6.87. The molecule has 1 aliphatic heterocycles. The molecule has 18 heavy (non-hydrogen) atoms. The Morgan fingerprint density at radius 3 is 2.50 bits per heavy atom. The van der Waals surface area contributed by atoms with E-state index in [2.05, 4.69) is 55.4 Å². The first kappa shape index (κ1) is 13.4. The van der Waals surface area contributed by atoms with Crippen LogP contribution < -0.4 is 10.1 Å². The van der Waals surface area contributed by atoms with E-state index in [4.69, 9.17) is 4.74 Å². The van der Waals surface area contributed by atoms with Gasteiger partial charge in [-0.05, 0) is 38.1 Å². The van der Waals surface area contributed by atoms with Gasteiger partial charge in [0, 0.05) is 25.2 Å². The van der Waals surface area contributed by atoms with Crippen molar-refractivity contribution in [2.75, 3.05) is 26.7 Å². The van der Waals surface area contributed by atoms with Gasteiger partial charge in [0.15, 0.2) is 0 Å². The molecule has 0 saturated carbocycles. The zero-order valence-electron chi connectivity index (χ0n) is 11.6. The van der Waals surface area contributed by atoms with Crippen molar-refractivity contribution in [3.05, 3.63) is 29.8 Å². The van der Waals surface area contributed by atoms with E-state index in [9.17, 15) is 0 Å². The summed E-state index contributed by atoms with van der Waals surface area (Å²) in [5.41, 5.74) is 1.35. The highest BCUT2D eigenvalue weighted by Crippen LogP contribution is 2.24. The molecule has 0 spiro atoms. The number of ether oxygens (including phenoxy) is 1. The van der Waals surface area contributed by atoms with Gasteiger partial charge in [-0.25, -0.2) is 0 Å². The van der Waals surface area contributed by atoms with E-state index in [0.717, 1.165) is 31.9 Å². The summed E-state index contributed by atoms with van der Waals surface area (Å²) in [5, 5.41) is 3.32. The second kappa shape index (κ2) is 6.21. The molecule has 100 valence electrons. The average Bonchev–Trinajstić information content (AvgIpc) is 2.34. The molecule has 3 nitrogen and oxygen atoms in total. The molecule has 0 aromatic heterocycles. The van der Waals surface area contributed by atoms with Crippen molar-refractivity contribution < 1.29 is 4.74 Å². The SMILES string of the molecule is CCCOc1ccc(C(C)N(C)C2CNC2)cc1. The van der Waals surface area contributed by atoms with Crippen LogP contribution in [-0.2, 0) is 0 Å². The maximum absolute atomic E-state index is 5.61. The third-order valence-corrected chi connectivity index (χ3v) is 3.78. The molecule has 0 aliphatic carbocycles. The standard InChI is InChI=1S/C15H24N2O/c1-4-9-18-15-7-5-13(6-8-15)12(2)17(3)14-10-16-11-14/h5-8,12,14,16H,4,9-11H2,1-3H3. The van der Waals surface area contributed by atoms with Crippen LogP contribution in [0.5, 0.6) is 5.75 Å². The Hall–Kier alpha value is -1.06. The van der Waals surface area contributed by atoms with Crippen LogP contribution in [0.2, 0.25) is 0 Å². The van der Waals surface area contributed by atoms with Gasteiger partial charge in [-0.3, -0.25) is 4.90 Å². The van der Waals surface area contributed by atoms with Crippen molar-refractivity contribution >= 4 is 0 Å². The van der Waals surface area contributed by atoms with E-state index in [-0.39, 0.29) is 0 Å². The van der Waals surface area contributed by atoms with E-state index < -0.39 is 0 Å². The van der Waals surface area contributed by atoms with Gasteiger partial charge in [0.2, 0.25) is 0 Å². The van der Waals surface area contributed by atoms with Crippen LogP contribution in [0.4, 0.5) is 0 Å².